The average Bonchev–Trinajstić information content (AvgIpc) is 2.42. The molecule has 0 aromatic heterocycles. The van der Waals surface area contributed by atoms with Gasteiger partial charge in [0.15, 0.2) is 0 Å². The first-order valence-corrected chi connectivity index (χ1v) is 5.56. The summed E-state index contributed by atoms with van der Waals surface area (Å²) >= 11 is 0. The molecule has 0 bridgehead atoms. The molecule has 0 unspecified atom stereocenters. The highest BCUT2D eigenvalue weighted by Crippen LogP contribution is 2.19. The third-order valence-electron chi connectivity index (χ3n) is 2.22. The van der Waals surface area contributed by atoms with E-state index in [1.165, 1.54) is 32.4 Å². The lowest BCUT2D eigenvalue weighted by Gasteiger charge is -2.09. The molecular weight excluding hydrogens is 236 g/mol. The maximum atomic E-state index is 11.5. The van der Waals surface area contributed by atoms with Crippen molar-refractivity contribution in [2.75, 3.05) is 20.8 Å². The van der Waals surface area contributed by atoms with Gasteiger partial charge in [-0.15, -0.1) is 0 Å². The number of methoxy groups -OCH3 is 2. The maximum Gasteiger partial charge on any atom is 0.338 e. The molecule has 18 heavy (non-hydrogen) atoms. The van der Waals surface area contributed by atoms with Crippen molar-refractivity contribution in [2.45, 2.75) is 13.3 Å². The fraction of sp³-hybridized carbons (Fsp3) is 0.385. The summed E-state index contributed by atoms with van der Waals surface area (Å²) in [4.78, 5) is 22.9. The summed E-state index contributed by atoms with van der Waals surface area (Å²) in [5.74, 6) is -0.607. The number of carbonyl (C=O) groups excluding carboxylic acids is 2. The molecule has 0 N–H and O–H groups in total. The van der Waals surface area contributed by atoms with Crippen LogP contribution < -0.4 is 4.74 Å². The minimum absolute atomic E-state index is 0.256. The summed E-state index contributed by atoms with van der Waals surface area (Å²) in [5.41, 5.74) is 0.512. The highest BCUT2D eigenvalue weighted by molar-refractivity contribution is 5.96. The van der Waals surface area contributed by atoms with Crippen LogP contribution in [0.5, 0.6) is 5.75 Å². The molecule has 1 aromatic rings. The molecule has 0 heterocycles. The van der Waals surface area contributed by atoms with Gasteiger partial charge in [-0.05, 0) is 24.6 Å². The van der Waals surface area contributed by atoms with E-state index < -0.39 is 11.9 Å². The molecular formula is C13H16O5. The van der Waals surface area contributed by atoms with E-state index in [0.29, 0.717) is 12.4 Å². The van der Waals surface area contributed by atoms with Crippen LogP contribution in [-0.4, -0.2) is 32.8 Å². The van der Waals surface area contributed by atoms with E-state index in [2.05, 4.69) is 9.47 Å². The van der Waals surface area contributed by atoms with Crippen LogP contribution in [0, 0.1) is 0 Å². The Kier molecular flexibility index (Phi) is 5.17. The van der Waals surface area contributed by atoms with E-state index in [-0.39, 0.29) is 11.1 Å². The monoisotopic (exact) mass is 252 g/mol. The zero-order valence-corrected chi connectivity index (χ0v) is 10.7. The Morgan fingerprint density at radius 1 is 1.00 bits per heavy atom. The third kappa shape index (κ3) is 3.48. The number of carbonyl (C=O) groups is 2. The van der Waals surface area contributed by atoms with Crippen LogP contribution in [0.4, 0.5) is 0 Å². The number of esters is 2. The lowest BCUT2D eigenvalue weighted by molar-refractivity contribution is 0.0598. The first-order chi connectivity index (χ1) is 8.62. The summed E-state index contributed by atoms with van der Waals surface area (Å²) < 4.78 is 14.6. The molecule has 0 amide bonds. The number of rotatable bonds is 5. The third-order valence-corrected chi connectivity index (χ3v) is 2.22. The van der Waals surface area contributed by atoms with Gasteiger partial charge in [-0.3, -0.25) is 0 Å². The first-order valence-electron chi connectivity index (χ1n) is 5.56. The molecule has 1 rings (SSSR count). The predicted octanol–water partition coefficient (Wildman–Crippen LogP) is 2.05. The van der Waals surface area contributed by atoms with Crippen molar-refractivity contribution >= 4 is 11.9 Å². The molecule has 0 spiro atoms. The van der Waals surface area contributed by atoms with Crippen LogP contribution in [0.2, 0.25) is 0 Å². The van der Waals surface area contributed by atoms with Crippen molar-refractivity contribution in [1.29, 1.82) is 0 Å². The van der Waals surface area contributed by atoms with Gasteiger partial charge in [0.1, 0.15) is 5.75 Å². The Morgan fingerprint density at radius 2 is 1.50 bits per heavy atom. The molecule has 1 aromatic carbocycles. The van der Waals surface area contributed by atoms with Crippen molar-refractivity contribution in [3.05, 3.63) is 29.3 Å². The van der Waals surface area contributed by atoms with Gasteiger partial charge in [0.25, 0.3) is 0 Å². The second-order valence-electron chi connectivity index (χ2n) is 3.58. The summed E-state index contributed by atoms with van der Waals surface area (Å²) in [6, 6.07) is 4.48. The van der Waals surface area contributed by atoms with Crippen LogP contribution in [0.1, 0.15) is 34.1 Å². The second kappa shape index (κ2) is 6.64. The smallest absolute Gasteiger partial charge is 0.338 e. The SMILES string of the molecule is CCCOc1cc(C(=O)OC)cc(C(=O)OC)c1. The highest BCUT2D eigenvalue weighted by atomic mass is 16.5. The van der Waals surface area contributed by atoms with E-state index in [9.17, 15) is 9.59 Å². The Bertz CT molecular complexity index is 405. The van der Waals surface area contributed by atoms with E-state index in [4.69, 9.17) is 4.74 Å². The quantitative estimate of drug-likeness (QED) is 0.750. The molecule has 0 saturated heterocycles. The average molecular weight is 252 g/mol. The molecule has 5 heteroatoms. The summed E-state index contributed by atoms with van der Waals surface area (Å²) in [5, 5.41) is 0. The van der Waals surface area contributed by atoms with Crippen molar-refractivity contribution in [3.63, 3.8) is 0 Å². The molecule has 0 saturated carbocycles. The number of hydrogen-bond donors (Lipinski definition) is 0. The molecule has 0 aliphatic carbocycles. The van der Waals surface area contributed by atoms with E-state index in [0.717, 1.165) is 6.42 Å². The van der Waals surface area contributed by atoms with Gasteiger partial charge in [-0.25, -0.2) is 9.59 Å². The Balaban J connectivity index is 3.11. The van der Waals surface area contributed by atoms with Gasteiger partial charge in [-0.2, -0.15) is 0 Å². The van der Waals surface area contributed by atoms with Crippen LogP contribution >= 0.6 is 0 Å². The Hall–Kier alpha value is -2.04. The van der Waals surface area contributed by atoms with E-state index >= 15 is 0 Å². The minimum atomic E-state index is -0.526. The number of benzene rings is 1. The lowest BCUT2D eigenvalue weighted by atomic mass is 10.1. The molecule has 0 atom stereocenters. The first kappa shape index (κ1) is 14.0. The molecule has 0 aliphatic heterocycles. The fourth-order valence-corrected chi connectivity index (χ4v) is 1.37. The fourth-order valence-electron chi connectivity index (χ4n) is 1.37. The topological polar surface area (TPSA) is 61.8 Å². The zero-order chi connectivity index (χ0) is 13.5. The van der Waals surface area contributed by atoms with Crippen molar-refractivity contribution in [1.82, 2.24) is 0 Å². The predicted molar refractivity (Wildman–Crippen MR) is 64.9 cm³/mol. The van der Waals surface area contributed by atoms with Gasteiger partial charge >= 0.3 is 11.9 Å². The summed E-state index contributed by atoms with van der Waals surface area (Å²) in [6.45, 7) is 2.47. The maximum absolute atomic E-state index is 11.5. The zero-order valence-electron chi connectivity index (χ0n) is 10.7. The van der Waals surface area contributed by atoms with Gasteiger partial charge in [0.2, 0.25) is 0 Å². The summed E-state index contributed by atoms with van der Waals surface area (Å²) in [6.07, 6.45) is 0.829. The molecule has 5 nitrogen and oxygen atoms in total. The molecule has 0 aliphatic rings. The van der Waals surface area contributed by atoms with Gasteiger partial charge in [0.05, 0.1) is 32.0 Å². The van der Waals surface area contributed by atoms with Crippen LogP contribution in [0.25, 0.3) is 0 Å². The van der Waals surface area contributed by atoms with Crippen molar-refractivity contribution in [3.8, 4) is 5.75 Å². The molecule has 0 fully saturated rings. The Labute approximate surface area is 106 Å². The van der Waals surface area contributed by atoms with E-state index in [1.54, 1.807) is 0 Å². The standard InChI is InChI=1S/C13H16O5/c1-4-5-18-11-7-9(12(14)16-2)6-10(8-11)13(15)17-3/h6-8H,4-5H2,1-3H3. The minimum Gasteiger partial charge on any atom is -0.494 e. The number of ether oxygens (including phenoxy) is 3. The van der Waals surface area contributed by atoms with Crippen LogP contribution in [0.15, 0.2) is 18.2 Å². The normalized spacial score (nSPS) is 9.72. The highest BCUT2D eigenvalue weighted by Gasteiger charge is 2.14. The lowest BCUT2D eigenvalue weighted by Crippen LogP contribution is -2.08. The van der Waals surface area contributed by atoms with Gasteiger partial charge in [0, 0.05) is 0 Å². The van der Waals surface area contributed by atoms with Crippen molar-refractivity contribution < 1.29 is 23.8 Å². The van der Waals surface area contributed by atoms with Gasteiger partial charge in [-0.1, -0.05) is 6.92 Å². The van der Waals surface area contributed by atoms with Gasteiger partial charge < -0.3 is 14.2 Å². The second-order valence-corrected chi connectivity index (χ2v) is 3.58. The Morgan fingerprint density at radius 3 is 1.89 bits per heavy atom. The summed E-state index contributed by atoms with van der Waals surface area (Å²) in [7, 11) is 2.56. The largest absolute Gasteiger partial charge is 0.494 e. The van der Waals surface area contributed by atoms with Crippen molar-refractivity contribution in [2.24, 2.45) is 0 Å². The molecule has 98 valence electrons. The van der Waals surface area contributed by atoms with Crippen LogP contribution in [-0.2, 0) is 9.47 Å². The number of hydrogen-bond acceptors (Lipinski definition) is 5. The van der Waals surface area contributed by atoms with Crippen LogP contribution in [0.3, 0.4) is 0 Å². The van der Waals surface area contributed by atoms with E-state index in [1.807, 2.05) is 6.92 Å². The molecule has 0 radical (unpaired) electrons.